The fourth-order valence-corrected chi connectivity index (χ4v) is 2.29. The molecule has 1 heterocycles. The van der Waals surface area contributed by atoms with Gasteiger partial charge < -0.3 is 5.11 Å². The third-order valence-corrected chi connectivity index (χ3v) is 3.40. The zero-order valence-corrected chi connectivity index (χ0v) is 12.4. The predicted molar refractivity (Wildman–Crippen MR) is 90.0 cm³/mol. The van der Waals surface area contributed by atoms with Crippen molar-refractivity contribution in [2.24, 2.45) is 0 Å². The van der Waals surface area contributed by atoms with Crippen LogP contribution in [-0.2, 0) is 17.9 Å². The van der Waals surface area contributed by atoms with Gasteiger partial charge in [0.25, 0.3) is 0 Å². The minimum absolute atomic E-state index is 0.409. The summed E-state index contributed by atoms with van der Waals surface area (Å²) in [7, 11) is 0. The van der Waals surface area contributed by atoms with E-state index in [1.807, 2.05) is 0 Å². The summed E-state index contributed by atoms with van der Waals surface area (Å²) < 4.78 is 59.6. The van der Waals surface area contributed by atoms with Gasteiger partial charge in [-0.05, 0) is 11.1 Å². The van der Waals surface area contributed by atoms with Crippen molar-refractivity contribution in [3.05, 3.63) is 71.8 Å². The van der Waals surface area contributed by atoms with Gasteiger partial charge in [-0.3, -0.25) is 14.6 Å². The summed E-state index contributed by atoms with van der Waals surface area (Å²) in [6.45, 7) is -9.88. The number of benzene rings is 2. The van der Waals surface area contributed by atoms with Crippen LogP contribution in [0, 0.1) is 0 Å². The Kier molecular flexibility index (Phi) is 2.96. The molecular formula is C19H22N2O2. The van der Waals surface area contributed by atoms with E-state index in [2.05, 4.69) is 0 Å². The third kappa shape index (κ3) is 4.18. The highest BCUT2D eigenvalue weighted by Gasteiger charge is 2.32. The second-order valence-corrected chi connectivity index (χ2v) is 5.13. The van der Waals surface area contributed by atoms with Crippen LogP contribution in [0.5, 0.6) is 0 Å². The van der Waals surface area contributed by atoms with Crippen molar-refractivity contribution in [1.29, 1.82) is 0 Å². The molecule has 1 unspecified atom stereocenters. The fourth-order valence-electron chi connectivity index (χ4n) is 2.29. The number of carboxylic acids is 1. The van der Waals surface area contributed by atoms with Crippen LogP contribution in [0.15, 0.2) is 60.7 Å². The summed E-state index contributed by atoms with van der Waals surface area (Å²) in [6.07, 6.45) is 0. The van der Waals surface area contributed by atoms with Gasteiger partial charge in [0.1, 0.15) is 6.02 Å². The van der Waals surface area contributed by atoms with Crippen LogP contribution in [0.25, 0.3) is 0 Å². The van der Waals surface area contributed by atoms with E-state index < -0.39 is 44.6 Å². The van der Waals surface area contributed by atoms with Gasteiger partial charge in [-0.15, -0.1) is 0 Å². The van der Waals surface area contributed by atoms with Gasteiger partial charge in [-0.1, -0.05) is 60.7 Å². The Hall–Kier alpha value is -2.17. The van der Waals surface area contributed by atoms with Crippen molar-refractivity contribution in [1.82, 2.24) is 9.80 Å². The van der Waals surface area contributed by atoms with E-state index >= 15 is 0 Å². The molecule has 1 fully saturated rings. The normalized spacial score (nSPS) is 33.8. The SMILES string of the molecule is [2H]C1([2H])N(Cc2ccccc2)C([2H])([2H])C([2H])(C(=O)O)N(Cc2ccccc2)C1([2H])[2H]. The molecule has 2 aromatic carbocycles. The number of carbonyl (C=O) groups is 1. The first kappa shape index (κ1) is 9.21. The van der Waals surface area contributed by atoms with Crippen LogP contribution in [0.1, 0.15) is 20.7 Å². The number of nitrogens with zero attached hydrogens (tertiary/aromatic N) is 2. The zero-order chi connectivity index (χ0) is 22.4. The van der Waals surface area contributed by atoms with Crippen LogP contribution in [0.2, 0.25) is 0 Å². The van der Waals surface area contributed by atoms with Crippen molar-refractivity contribution in [2.45, 2.75) is 19.1 Å². The van der Waals surface area contributed by atoms with Crippen molar-refractivity contribution in [3.8, 4) is 0 Å². The lowest BCUT2D eigenvalue weighted by atomic mass is 10.1. The maximum atomic E-state index is 12.2. The van der Waals surface area contributed by atoms with E-state index in [0.29, 0.717) is 20.9 Å². The number of aliphatic carboxylic acids is 1. The lowest BCUT2D eigenvalue weighted by molar-refractivity contribution is -0.146. The molecule has 1 aliphatic rings. The first-order valence-electron chi connectivity index (χ1n) is 10.7. The maximum Gasteiger partial charge on any atom is 0.322 e. The van der Waals surface area contributed by atoms with Crippen LogP contribution in [0.3, 0.4) is 0 Å². The van der Waals surface area contributed by atoms with Crippen LogP contribution in [0.4, 0.5) is 0 Å². The van der Waals surface area contributed by atoms with E-state index in [4.69, 9.17) is 9.60 Å². The molecule has 23 heavy (non-hydrogen) atoms. The summed E-state index contributed by atoms with van der Waals surface area (Å²) in [5.74, 6) is -1.90. The molecule has 0 amide bonds. The van der Waals surface area contributed by atoms with Crippen molar-refractivity contribution in [2.75, 3.05) is 19.5 Å². The van der Waals surface area contributed by atoms with E-state index in [0.717, 1.165) is 0 Å². The lowest BCUT2D eigenvalue weighted by Crippen LogP contribution is -2.55. The van der Waals surface area contributed by atoms with Crippen molar-refractivity contribution >= 4 is 5.97 Å². The number of carboxylic acid groups (broad SMARTS) is 1. The van der Waals surface area contributed by atoms with Gasteiger partial charge in [-0.2, -0.15) is 0 Å². The predicted octanol–water partition coefficient (Wildman–Crippen LogP) is 2.46. The number of piperazine rings is 1. The second kappa shape index (κ2) is 7.40. The lowest BCUT2D eigenvalue weighted by Gasteiger charge is -2.39. The number of hydrogen-bond donors (Lipinski definition) is 1. The Bertz CT molecular complexity index is 912. The van der Waals surface area contributed by atoms with Crippen molar-refractivity contribution < 1.29 is 19.5 Å². The zero-order valence-electron chi connectivity index (χ0n) is 19.4. The molecule has 4 heteroatoms. The molecule has 0 bridgehead atoms. The molecule has 4 nitrogen and oxygen atoms in total. The summed E-state index contributed by atoms with van der Waals surface area (Å²) in [6, 6.07) is 13.3. The molecule has 0 aliphatic carbocycles. The average Bonchev–Trinajstić information content (AvgIpc) is 2.69. The Balaban J connectivity index is 2.16. The van der Waals surface area contributed by atoms with Crippen molar-refractivity contribution in [3.63, 3.8) is 0 Å². The highest BCUT2D eigenvalue weighted by Crippen LogP contribution is 2.16. The second-order valence-electron chi connectivity index (χ2n) is 5.13. The van der Waals surface area contributed by atoms with Gasteiger partial charge in [0.05, 0.1) is 1.37 Å². The molecule has 1 aliphatic heterocycles. The molecule has 0 saturated carbocycles. The Morgan fingerprint density at radius 3 is 2.17 bits per heavy atom. The molecule has 2 aromatic rings. The van der Waals surface area contributed by atoms with Gasteiger partial charge in [0.15, 0.2) is 0 Å². The Labute approximate surface area is 146 Å². The Morgan fingerprint density at radius 2 is 1.61 bits per heavy atom. The minimum Gasteiger partial charge on any atom is -0.480 e. The molecule has 3 rings (SSSR count). The van der Waals surface area contributed by atoms with E-state index in [9.17, 15) is 9.90 Å². The van der Waals surface area contributed by atoms with Gasteiger partial charge >= 0.3 is 5.97 Å². The summed E-state index contributed by atoms with van der Waals surface area (Å²) in [4.78, 5) is 13.2. The quantitative estimate of drug-likeness (QED) is 0.920. The molecule has 0 radical (unpaired) electrons. The molecule has 120 valence electrons. The summed E-state index contributed by atoms with van der Waals surface area (Å²) >= 11 is 0. The first-order chi connectivity index (χ1) is 13.9. The van der Waals surface area contributed by atoms with E-state index in [1.54, 1.807) is 60.7 Å². The summed E-state index contributed by atoms with van der Waals surface area (Å²) in [5.41, 5.74) is 0.896. The molecular weight excluding hydrogens is 288 g/mol. The highest BCUT2D eigenvalue weighted by atomic mass is 16.4. The molecule has 1 atom stereocenters. The number of rotatable bonds is 5. The first-order valence-corrected chi connectivity index (χ1v) is 7.23. The van der Waals surface area contributed by atoms with E-state index in [-0.39, 0.29) is 0 Å². The third-order valence-electron chi connectivity index (χ3n) is 3.40. The van der Waals surface area contributed by atoms with Crippen LogP contribution < -0.4 is 0 Å². The van der Waals surface area contributed by atoms with Gasteiger partial charge in [0, 0.05) is 40.8 Å². The Morgan fingerprint density at radius 1 is 1.04 bits per heavy atom. The fraction of sp³-hybridized carbons (Fsp3) is 0.316. The molecule has 0 spiro atoms. The topological polar surface area (TPSA) is 43.8 Å². The van der Waals surface area contributed by atoms with Crippen LogP contribution >= 0.6 is 0 Å². The highest BCUT2D eigenvalue weighted by molar-refractivity contribution is 5.74. The molecule has 1 N–H and O–H groups in total. The van der Waals surface area contributed by atoms with E-state index in [1.165, 1.54) is 0 Å². The number of hydrogen-bond acceptors (Lipinski definition) is 3. The molecule has 0 aromatic heterocycles. The van der Waals surface area contributed by atoms with Gasteiger partial charge in [0.2, 0.25) is 0 Å². The smallest absolute Gasteiger partial charge is 0.322 e. The molecule has 1 saturated heterocycles. The standard InChI is InChI=1S/C19H22N2O2/c22-19(23)18-15-20(13-16-7-3-1-4-8-16)11-12-21(18)14-17-9-5-2-6-10-17/h1-10,18H,11-15H2,(H,22,23)/i11D2,12D2,15D2,18D. The largest absolute Gasteiger partial charge is 0.480 e. The van der Waals surface area contributed by atoms with Crippen LogP contribution in [-0.4, -0.2) is 46.4 Å². The monoisotopic (exact) mass is 317 g/mol. The average molecular weight is 317 g/mol. The maximum absolute atomic E-state index is 12.2. The minimum atomic E-state index is -3.12. The van der Waals surface area contributed by atoms with Gasteiger partial charge in [-0.25, -0.2) is 0 Å². The summed E-state index contributed by atoms with van der Waals surface area (Å²) in [5, 5.41) is 9.88.